The van der Waals surface area contributed by atoms with Crippen molar-refractivity contribution in [1.29, 1.82) is 0 Å². The normalized spacial score (nSPS) is 11.4. The molecule has 1 aromatic heterocycles. The molecule has 2 rings (SSSR count). The minimum Gasteiger partial charge on any atom is -0.442 e. The standard InChI is InChI=1S/C14H16N2O5/c1-4-14(2,3)20-13(18)16-10-8-6-5-7-9(10)11(15-16)12(17)21-19/h5-8,19H,4H2,1-3H3. The maximum atomic E-state index is 12.2. The van der Waals surface area contributed by atoms with Gasteiger partial charge in [0.1, 0.15) is 5.60 Å². The Bertz CT molecular complexity index is 690. The van der Waals surface area contributed by atoms with Crippen LogP contribution in [0.4, 0.5) is 4.79 Å². The first-order chi connectivity index (χ1) is 9.89. The van der Waals surface area contributed by atoms with Crippen LogP contribution in [0.15, 0.2) is 24.3 Å². The molecule has 1 N–H and O–H groups in total. The van der Waals surface area contributed by atoms with Crippen molar-refractivity contribution in [2.24, 2.45) is 0 Å². The average Bonchev–Trinajstić information content (AvgIpc) is 2.86. The lowest BCUT2D eigenvalue weighted by atomic mass is 10.1. The number of benzene rings is 1. The molecule has 0 aliphatic rings. The van der Waals surface area contributed by atoms with E-state index in [9.17, 15) is 9.59 Å². The molecule has 0 aliphatic carbocycles. The summed E-state index contributed by atoms with van der Waals surface area (Å²) in [6.45, 7) is 5.45. The molecule has 0 atom stereocenters. The van der Waals surface area contributed by atoms with E-state index in [0.717, 1.165) is 4.68 Å². The third-order valence-electron chi connectivity index (χ3n) is 3.25. The van der Waals surface area contributed by atoms with Crippen molar-refractivity contribution in [2.75, 3.05) is 0 Å². The van der Waals surface area contributed by atoms with Crippen molar-refractivity contribution in [1.82, 2.24) is 9.78 Å². The second-order valence-corrected chi connectivity index (χ2v) is 5.14. The van der Waals surface area contributed by atoms with Crippen molar-refractivity contribution < 1.29 is 24.5 Å². The zero-order valence-corrected chi connectivity index (χ0v) is 12.0. The molecule has 0 bridgehead atoms. The fourth-order valence-corrected chi connectivity index (χ4v) is 1.75. The van der Waals surface area contributed by atoms with Crippen LogP contribution < -0.4 is 0 Å². The molecule has 0 unspecified atom stereocenters. The molecule has 112 valence electrons. The van der Waals surface area contributed by atoms with Crippen LogP contribution in [0.5, 0.6) is 0 Å². The van der Waals surface area contributed by atoms with E-state index in [1.165, 1.54) is 0 Å². The monoisotopic (exact) mass is 292 g/mol. The molecule has 0 saturated carbocycles. The number of para-hydroxylation sites is 1. The molecule has 7 heteroatoms. The number of carbonyl (C=O) groups excluding carboxylic acids is 2. The molecule has 0 saturated heterocycles. The van der Waals surface area contributed by atoms with E-state index in [0.29, 0.717) is 17.3 Å². The van der Waals surface area contributed by atoms with Crippen molar-refractivity contribution >= 4 is 23.0 Å². The van der Waals surface area contributed by atoms with Crippen LogP contribution in [0, 0.1) is 0 Å². The zero-order valence-electron chi connectivity index (χ0n) is 12.0. The highest BCUT2D eigenvalue weighted by Crippen LogP contribution is 2.21. The average molecular weight is 292 g/mol. The molecule has 0 aliphatic heterocycles. The highest BCUT2D eigenvalue weighted by molar-refractivity contribution is 6.03. The Kier molecular flexibility index (Phi) is 3.95. The van der Waals surface area contributed by atoms with Gasteiger partial charge in [0, 0.05) is 5.39 Å². The molecule has 1 aromatic carbocycles. The number of aromatic nitrogens is 2. The van der Waals surface area contributed by atoms with Crippen LogP contribution in [0.3, 0.4) is 0 Å². The first kappa shape index (κ1) is 15.0. The smallest absolute Gasteiger partial charge is 0.435 e. The number of nitrogens with zero attached hydrogens (tertiary/aromatic N) is 2. The molecule has 0 radical (unpaired) electrons. The van der Waals surface area contributed by atoms with Gasteiger partial charge in [-0.25, -0.2) is 9.59 Å². The summed E-state index contributed by atoms with van der Waals surface area (Å²) in [6, 6.07) is 6.61. The molecule has 21 heavy (non-hydrogen) atoms. The van der Waals surface area contributed by atoms with Crippen LogP contribution >= 0.6 is 0 Å². The molecule has 0 fully saturated rings. The number of ether oxygens (including phenoxy) is 1. The molecule has 1 heterocycles. The van der Waals surface area contributed by atoms with Gasteiger partial charge in [0.05, 0.1) is 5.52 Å². The van der Waals surface area contributed by atoms with E-state index < -0.39 is 17.7 Å². The predicted octanol–water partition coefficient (Wildman–Crippen LogP) is 2.84. The minimum atomic E-state index is -1.03. The second kappa shape index (κ2) is 5.53. The van der Waals surface area contributed by atoms with Gasteiger partial charge in [0.15, 0.2) is 5.69 Å². The topological polar surface area (TPSA) is 90.7 Å². The largest absolute Gasteiger partial charge is 0.442 e. The van der Waals surface area contributed by atoms with Crippen molar-refractivity contribution in [2.45, 2.75) is 32.8 Å². The summed E-state index contributed by atoms with van der Waals surface area (Å²) in [5.41, 5.74) is -0.406. The Balaban J connectivity index is 2.50. The highest BCUT2D eigenvalue weighted by atomic mass is 17.1. The lowest BCUT2D eigenvalue weighted by molar-refractivity contribution is -0.183. The van der Waals surface area contributed by atoms with E-state index >= 15 is 0 Å². The third-order valence-corrected chi connectivity index (χ3v) is 3.25. The predicted molar refractivity (Wildman–Crippen MR) is 74.0 cm³/mol. The first-order valence-electron chi connectivity index (χ1n) is 6.46. The van der Waals surface area contributed by atoms with Crippen LogP contribution in [-0.4, -0.2) is 32.7 Å². The van der Waals surface area contributed by atoms with E-state index in [-0.39, 0.29) is 5.69 Å². The van der Waals surface area contributed by atoms with Gasteiger partial charge in [-0.2, -0.15) is 15.0 Å². The Morgan fingerprint density at radius 3 is 2.62 bits per heavy atom. The Morgan fingerprint density at radius 1 is 1.33 bits per heavy atom. The third kappa shape index (κ3) is 2.87. The zero-order chi connectivity index (χ0) is 15.6. The molecule has 0 amide bonds. The summed E-state index contributed by atoms with van der Waals surface area (Å²) in [5, 5.41) is 12.8. The Morgan fingerprint density at radius 2 is 2.00 bits per heavy atom. The van der Waals surface area contributed by atoms with Crippen LogP contribution in [0.2, 0.25) is 0 Å². The van der Waals surface area contributed by atoms with Crippen LogP contribution in [0.25, 0.3) is 10.9 Å². The summed E-state index contributed by atoms with van der Waals surface area (Å²) in [7, 11) is 0. The van der Waals surface area contributed by atoms with Gasteiger partial charge in [-0.05, 0) is 26.3 Å². The van der Waals surface area contributed by atoms with Gasteiger partial charge in [0.25, 0.3) is 0 Å². The summed E-state index contributed by atoms with van der Waals surface area (Å²) in [6.07, 6.45) is -0.0706. The maximum absolute atomic E-state index is 12.2. The van der Waals surface area contributed by atoms with Gasteiger partial charge in [-0.15, -0.1) is 0 Å². The van der Waals surface area contributed by atoms with Gasteiger partial charge >= 0.3 is 12.1 Å². The van der Waals surface area contributed by atoms with Gasteiger partial charge in [-0.1, -0.05) is 25.1 Å². The van der Waals surface area contributed by atoms with E-state index in [1.807, 2.05) is 6.92 Å². The maximum Gasteiger partial charge on any atom is 0.435 e. The van der Waals surface area contributed by atoms with E-state index in [4.69, 9.17) is 9.99 Å². The molecular formula is C14H16N2O5. The number of hydrogen-bond acceptors (Lipinski definition) is 6. The Hall–Kier alpha value is -2.41. The molecule has 2 aromatic rings. The Labute approximate surface area is 121 Å². The summed E-state index contributed by atoms with van der Waals surface area (Å²) < 4.78 is 6.34. The number of hydrogen-bond donors (Lipinski definition) is 1. The van der Waals surface area contributed by atoms with Crippen LogP contribution in [0.1, 0.15) is 37.7 Å². The molecule has 0 spiro atoms. The van der Waals surface area contributed by atoms with Crippen LogP contribution in [-0.2, 0) is 9.62 Å². The van der Waals surface area contributed by atoms with Crippen molar-refractivity contribution in [3.8, 4) is 0 Å². The highest BCUT2D eigenvalue weighted by Gasteiger charge is 2.26. The van der Waals surface area contributed by atoms with Crippen molar-refractivity contribution in [3.05, 3.63) is 30.0 Å². The summed E-state index contributed by atoms with van der Waals surface area (Å²) >= 11 is 0. The number of carbonyl (C=O) groups is 2. The summed E-state index contributed by atoms with van der Waals surface area (Å²) in [5.74, 6) is -1.03. The van der Waals surface area contributed by atoms with Gasteiger partial charge in [0.2, 0.25) is 0 Å². The number of fused-ring (bicyclic) bond motifs is 1. The second-order valence-electron chi connectivity index (χ2n) is 5.14. The molecular weight excluding hydrogens is 276 g/mol. The van der Waals surface area contributed by atoms with Crippen molar-refractivity contribution in [3.63, 3.8) is 0 Å². The van der Waals surface area contributed by atoms with Gasteiger partial charge in [-0.3, -0.25) is 4.89 Å². The minimum absolute atomic E-state index is 0.153. The molecule has 7 nitrogen and oxygen atoms in total. The SMILES string of the molecule is CCC(C)(C)OC(=O)n1nc(C(=O)OO)c2ccccc21. The van der Waals surface area contributed by atoms with E-state index in [1.54, 1.807) is 38.1 Å². The number of rotatable bonds is 3. The summed E-state index contributed by atoms with van der Waals surface area (Å²) in [4.78, 5) is 27.4. The van der Waals surface area contributed by atoms with Gasteiger partial charge < -0.3 is 4.74 Å². The first-order valence-corrected chi connectivity index (χ1v) is 6.46. The van der Waals surface area contributed by atoms with E-state index in [2.05, 4.69) is 9.99 Å². The quantitative estimate of drug-likeness (QED) is 0.691. The fourth-order valence-electron chi connectivity index (χ4n) is 1.75. The lowest BCUT2D eigenvalue weighted by Gasteiger charge is -2.22. The fraction of sp³-hybridized carbons (Fsp3) is 0.357. The lowest BCUT2D eigenvalue weighted by Crippen LogP contribution is -2.30.